The monoisotopic (exact) mass is 468 g/mol. The molecule has 4 nitrogen and oxygen atoms in total. The molecule has 0 spiro atoms. The molecule has 196 valence electrons. The summed E-state index contributed by atoms with van der Waals surface area (Å²) in [5.41, 5.74) is 0. The van der Waals surface area contributed by atoms with E-state index in [9.17, 15) is 9.59 Å². The number of esters is 2. The van der Waals surface area contributed by atoms with Gasteiger partial charge in [-0.15, -0.1) is 0 Å². The molecule has 0 amide bonds. The van der Waals surface area contributed by atoms with Crippen LogP contribution >= 0.6 is 0 Å². The molecular weight excluding hydrogens is 412 g/mol. The molecule has 1 atom stereocenters. The van der Waals surface area contributed by atoms with Crippen LogP contribution < -0.4 is 0 Å². The predicted molar refractivity (Wildman–Crippen MR) is 139 cm³/mol. The molecule has 0 aromatic rings. The first-order valence-corrected chi connectivity index (χ1v) is 14.1. The first-order chi connectivity index (χ1) is 15.7. The van der Waals surface area contributed by atoms with Crippen LogP contribution in [0.4, 0.5) is 0 Å². The van der Waals surface area contributed by atoms with Gasteiger partial charge in [-0.25, -0.2) is 0 Å². The number of rotatable bonds is 22. The molecule has 0 aliphatic heterocycles. The molecule has 0 N–H and O–H groups in total. The number of unbranched alkanes of at least 4 members (excludes halogenated alkanes) is 8. The normalized spacial score (nSPS) is 12.5. The third-order valence-corrected chi connectivity index (χ3v) is 6.36. The highest BCUT2D eigenvalue weighted by Crippen LogP contribution is 2.22. The zero-order chi connectivity index (χ0) is 24.9. The lowest BCUT2D eigenvalue weighted by molar-refractivity contribution is -0.150. The Bertz CT molecular complexity index is 470. The van der Waals surface area contributed by atoms with Crippen LogP contribution in [0.1, 0.15) is 138 Å². The number of hydrogen-bond acceptors (Lipinski definition) is 4. The van der Waals surface area contributed by atoms with Gasteiger partial charge < -0.3 is 9.47 Å². The molecule has 4 heteroatoms. The van der Waals surface area contributed by atoms with E-state index in [2.05, 4.69) is 41.5 Å². The second-order valence-corrected chi connectivity index (χ2v) is 11.0. The number of hydrogen-bond donors (Lipinski definition) is 0. The number of carbonyl (C=O) groups is 2. The molecule has 0 fully saturated rings. The average Bonchev–Trinajstić information content (AvgIpc) is 2.74. The zero-order valence-electron chi connectivity index (χ0n) is 23.0. The Morgan fingerprint density at radius 2 is 1.00 bits per heavy atom. The Hall–Kier alpha value is -1.06. The Morgan fingerprint density at radius 3 is 1.48 bits per heavy atom. The van der Waals surface area contributed by atoms with E-state index in [-0.39, 0.29) is 17.9 Å². The fourth-order valence-corrected chi connectivity index (χ4v) is 4.12. The zero-order valence-corrected chi connectivity index (χ0v) is 23.0. The van der Waals surface area contributed by atoms with Crippen molar-refractivity contribution < 1.29 is 19.1 Å². The first kappa shape index (κ1) is 31.9. The molecule has 0 radical (unpaired) electrons. The van der Waals surface area contributed by atoms with Crippen molar-refractivity contribution in [2.45, 2.75) is 138 Å². The summed E-state index contributed by atoms with van der Waals surface area (Å²) in [7, 11) is 0. The van der Waals surface area contributed by atoms with Gasteiger partial charge in [0.05, 0.1) is 19.1 Å². The third-order valence-electron chi connectivity index (χ3n) is 6.36. The van der Waals surface area contributed by atoms with Gasteiger partial charge in [0.2, 0.25) is 0 Å². The maximum absolute atomic E-state index is 12.4. The molecule has 33 heavy (non-hydrogen) atoms. The van der Waals surface area contributed by atoms with E-state index in [1.807, 2.05) is 0 Å². The highest BCUT2D eigenvalue weighted by atomic mass is 16.5. The third kappa shape index (κ3) is 21.2. The van der Waals surface area contributed by atoms with E-state index in [0.717, 1.165) is 51.4 Å². The summed E-state index contributed by atoms with van der Waals surface area (Å²) in [6.07, 6.45) is 16.3. The summed E-state index contributed by atoms with van der Waals surface area (Å²) in [5, 5.41) is 0. The lowest BCUT2D eigenvalue weighted by Gasteiger charge is -2.19. The lowest BCUT2D eigenvalue weighted by atomic mass is 9.90. The minimum absolute atomic E-state index is 0.00759. The van der Waals surface area contributed by atoms with Gasteiger partial charge in [0.25, 0.3) is 0 Å². The Balaban J connectivity index is 3.60. The lowest BCUT2D eigenvalue weighted by Crippen LogP contribution is -2.23. The van der Waals surface area contributed by atoms with Crippen molar-refractivity contribution >= 4 is 11.9 Å². The Kier molecular flexibility index (Phi) is 20.8. The van der Waals surface area contributed by atoms with Crippen LogP contribution in [0.25, 0.3) is 0 Å². The van der Waals surface area contributed by atoms with Gasteiger partial charge in [-0.1, -0.05) is 92.9 Å². The highest BCUT2D eigenvalue weighted by Gasteiger charge is 2.23. The molecular formula is C29H56O4. The molecule has 0 bridgehead atoms. The molecule has 0 aromatic carbocycles. The van der Waals surface area contributed by atoms with Gasteiger partial charge in [0.1, 0.15) is 0 Å². The predicted octanol–water partition coefficient (Wildman–Crippen LogP) is 8.51. The first-order valence-electron chi connectivity index (χ1n) is 14.1. The minimum atomic E-state index is -0.0297. The number of ether oxygens (including phenoxy) is 2. The fourth-order valence-electron chi connectivity index (χ4n) is 4.12. The van der Waals surface area contributed by atoms with E-state index in [0.29, 0.717) is 37.4 Å². The van der Waals surface area contributed by atoms with Crippen molar-refractivity contribution in [3.05, 3.63) is 0 Å². The van der Waals surface area contributed by atoms with E-state index in [1.54, 1.807) is 0 Å². The van der Waals surface area contributed by atoms with Gasteiger partial charge in [0.15, 0.2) is 0 Å². The van der Waals surface area contributed by atoms with Crippen molar-refractivity contribution in [1.82, 2.24) is 0 Å². The van der Waals surface area contributed by atoms with Crippen LogP contribution in [0.2, 0.25) is 0 Å². The second kappa shape index (κ2) is 21.5. The van der Waals surface area contributed by atoms with Crippen molar-refractivity contribution in [3.63, 3.8) is 0 Å². The molecule has 0 heterocycles. The maximum Gasteiger partial charge on any atom is 0.309 e. The van der Waals surface area contributed by atoms with Crippen molar-refractivity contribution in [3.8, 4) is 0 Å². The summed E-state index contributed by atoms with van der Waals surface area (Å²) in [4.78, 5) is 24.1. The smallest absolute Gasteiger partial charge is 0.309 e. The standard InChI is InChI=1S/C29H56O4/c1-24(2)18-16-22-32-28(30)21-15-13-11-9-7-8-10-12-14-20-27(26(5)6)29(31)33-23-17-19-25(3)4/h24-27H,7-23H2,1-6H3. The minimum Gasteiger partial charge on any atom is -0.466 e. The van der Waals surface area contributed by atoms with Gasteiger partial charge >= 0.3 is 11.9 Å². The van der Waals surface area contributed by atoms with Gasteiger partial charge in [-0.2, -0.15) is 0 Å². The molecule has 0 aliphatic rings. The molecule has 0 saturated heterocycles. The summed E-state index contributed by atoms with van der Waals surface area (Å²) in [6.45, 7) is 14.2. The highest BCUT2D eigenvalue weighted by molar-refractivity contribution is 5.72. The van der Waals surface area contributed by atoms with Crippen LogP contribution in [0.3, 0.4) is 0 Å². The molecule has 0 aromatic heterocycles. The van der Waals surface area contributed by atoms with E-state index in [1.165, 1.54) is 38.5 Å². The average molecular weight is 469 g/mol. The molecule has 1 unspecified atom stereocenters. The van der Waals surface area contributed by atoms with E-state index < -0.39 is 0 Å². The topological polar surface area (TPSA) is 52.6 Å². The van der Waals surface area contributed by atoms with Crippen molar-refractivity contribution in [1.29, 1.82) is 0 Å². The Morgan fingerprint density at radius 1 is 0.545 bits per heavy atom. The van der Waals surface area contributed by atoms with E-state index >= 15 is 0 Å². The van der Waals surface area contributed by atoms with Crippen molar-refractivity contribution in [2.75, 3.05) is 13.2 Å². The van der Waals surface area contributed by atoms with Gasteiger partial charge in [0, 0.05) is 6.42 Å². The van der Waals surface area contributed by atoms with Crippen LogP contribution in [0.5, 0.6) is 0 Å². The summed E-state index contributed by atoms with van der Waals surface area (Å²) >= 11 is 0. The summed E-state index contributed by atoms with van der Waals surface area (Å²) in [5.74, 6) is 1.71. The quantitative estimate of drug-likeness (QED) is 0.118. The van der Waals surface area contributed by atoms with Crippen LogP contribution in [0, 0.1) is 23.7 Å². The largest absolute Gasteiger partial charge is 0.466 e. The maximum atomic E-state index is 12.4. The fraction of sp³-hybridized carbons (Fsp3) is 0.931. The number of carbonyl (C=O) groups excluding carboxylic acids is 2. The van der Waals surface area contributed by atoms with Crippen LogP contribution in [0.15, 0.2) is 0 Å². The molecule has 0 rings (SSSR count). The van der Waals surface area contributed by atoms with E-state index in [4.69, 9.17) is 9.47 Å². The summed E-state index contributed by atoms with van der Waals surface area (Å²) < 4.78 is 10.8. The van der Waals surface area contributed by atoms with Gasteiger partial charge in [-0.05, 0) is 56.3 Å². The molecule has 0 aliphatic carbocycles. The van der Waals surface area contributed by atoms with Crippen LogP contribution in [-0.2, 0) is 19.1 Å². The molecule has 0 saturated carbocycles. The van der Waals surface area contributed by atoms with Crippen molar-refractivity contribution in [2.24, 2.45) is 23.7 Å². The second-order valence-electron chi connectivity index (χ2n) is 11.0. The van der Waals surface area contributed by atoms with Crippen LogP contribution in [-0.4, -0.2) is 25.2 Å². The Labute approximate surface area is 206 Å². The summed E-state index contributed by atoms with van der Waals surface area (Å²) in [6, 6.07) is 0. The van der Waals surface area contributed by atoms with Gasteiger partial charge in [-0.3, -0.25) is 9.59 Å². The SMILES string of the molecule is CC(C)CCCOC(=O)CCCCCCCCCCCC(C(=O)OCCCC(C)C)C(C)C.